The fraction of sp³-hybridized carbons (Fsp3) is 0.417. The molecule has 0 fully saturated rings. The summed E-state index contributed by atoms with van der Waals surface area (Å²) in [6, 6.07) is 2.84. The van der Waals surface area contributed by atoms with Crippen molar-refractivity contribution in [2.45, 2.75) is 25.4 Å². The molecule has 0 saturated carbocycles. The number of anilines is 1. The molecule has 106 valence electrons. The first-order valence-electron chi connectivity index (χ1n) is 5.57. The number of hydrogen-bond donors (Lipinski definition) is 1. The molecule has 0 aliphatic heterocycles. The summed E-state index contributed by atoms with van der Waals surface area (Å²) in [6.45, 7) is 0. The Morgan fingerprint density at radius 3 is 2.58 bits per heavy atom. The van der Waals surface area contributed by atoms with Crippen LogP contribution in [0.3, 0.4) is 0 Å². The first-order valence-corrected chi connectivity index (χ1v) is 7.07. The number of benzene rings is 1. The molecule has 1 amide bonds. The maximum atomic E-state index is 12.5. The van der Waals surface area contributed by atoms with Crippen molar-refractivity contribution >= 4 is 39.1 Å². The number of unbranched alkanes of at least 4 members (excludes halogenated alkanes) is 1. The first-order chi connectivity index (χ1) is 8.84. The van der Waals surface area contributed by atoms with Gasteiger partial charge in [0.25, 0.3) is 0 Å². The van der Waals surface area contributed by atoms with Crippen molar-refractivity contribution in [1.82, 2.24) is 0 Å². The van der Waals surface area contributed by atoms with Gasteiger partial charge in [0.05, 0.1) is 16.3 Å². The Bertz CT molecular complexity index is 451. The smallest absolute Gasteiger partial charge is 0.325 e. The van der Waals surface area contributed by atoms with E-state index < -0.39 is 11.7 Å². The van der Waals surface area contributed by atoms with Crippen molar-refractivity contribution < 1.29 is 18.0 Å². The molecule has 0 aliphatic rings. The average Bonchev–Trinajstić information content (AvgIpc) is 2.31. The quantitative estimate of drug-likeness (QED) is 0.591. The highest BCUT2D eigenvalue weighted by Crippen LogP contribution is 2.33. The van der Waals surface area contributed by atoms with Crippen LogP contribution in [0, 0.1) is 0 Å². The number of amides is 1. The predicted molar refractivity (Wildman–Crippen MR) is 72.7 cm³/mol. The van der Waals surface area contributed by atoms with Gasteiger partial charge in [-0.25, -0.2) is 0 Å². The van der Waals surface area contributed by atoms with Crippen LogP contribution in [0.4, 0.5) is 18.9 Å². The highest BCUT2D eigenvalue weighted by atomic mass is 79.9. The lowest BCUT2D eigenvalue weighted by Crippen LogP contribution is -2.13. The van der Waals surface area contributed by atoms with Crippen molar-refractivity contribution in [1.29, 1.82) is 0 Å². The SMILES string of the molecule is O=C(CCCCBr)Nc1cc(C(F)(F)F)ccc1Cl. The second-order valence-corrected chi connectivity index (χ2v) is 5.09. The Morgan fingerprint density at radius 2 is 2.00 bits per heavy atom. The zero-order chi connectivity index (χ0) is 14.5. The summed E-state index contributed by atoms with van der Waals surface area (Å²) in [4.78, 5) is 11.5. The molecular weight excluding hydrogens is 346 g/mol. The monoisotopic (exact) mass is 357 g/mol. The molecule has 0 aliphatic carbocycles. The highest BCUT2D eigenvalue weighted by molar-refractivity contribution is 9.09. The Hall–Kier alpha value is -0.750. The van der Waals surface area contributed by atoms with Gasteiger partial charge in [-0.3, -0.25) is 4.79 Å². The van der Waals surface area contributed by atoms with Gasteiger partial charge in [0, 0.05) is 11.8 Å². The number of halogens is 5. The van der Waals surface area contributed by atoms with E-state index >= 15 is 0 Å². The van der Waals surface area contributed by atoms with Crippen LogP contribution in [-0.2, 0) is 11.0 Å². The zero-order valence-electron chi connectivity index (χ0n) is 9.86. The Labute approximate surface area is 122 Å². The van der Waals surface area contributed by atoms with E-state index in [1.165, 1.54) is 0 Å². The molecule has 7 heteroatoms. The fourth-order valence-electron chi connectivity index (χ4n) is 1.39. The maximum Gasteiger partial charge on any atom is 0.416 e. The maximum absolute atomic E-state index is 12.5. The van der Waals surface area contributed by atoms with Crippen molar-refractivity contribution in [3.63, 3.8) is 0 Å². The molecule has 0 bridgehead atoms. The van der Waals surface area contributed by atoms with Gasteiger partial charge in [-0.2, -0.15) is 13.2 Å². The van der Waals surface area contributed by atoms with Crippen LogP contribution in [0.2, 0.25) is 5.02 Å². The molecule has 19 heavy (non-hydrogen) atoms. The van der Waals surface area contributed by atoms with Crippen molar-refractivity contribution in [3.05, 3.63) is 28.8 Å². The van der Waals surface area contributed by atoms with Gasteiger partial charge in [-0.05, 0) is 31.0 Å². The van der Waals surface area contributed by atoms with E-state index in [9.17, 15) is 18.0 Å². The molecule has 1 N–H and O–H groups in total. The molecule has 0 radical (unpaired) electrons. The minimum absolute atomic E-state index is 0.0136. The van der Waals surface area contributed by atoms with Crippen LogP contribution in [0.1, 0.15) is 24.8 Å². The standard InChI is InChI=1S/C12H12BrClF3NO/c13-6-2-1-3-11(19)18-10-7-8(12(15,16)17)4-5-9(10)14/h4-5,7H,1-3,6H2,(H,18,19). The van der Waals surface area contributed by atoms with E-state index in [0.29, 0.717) is 6.42 Å². The molecule has 1 rings (SSSR count). The molecule has 0 spiro atoms. The van der Waals surface area contributed by atoms with E-state index in [2.05, 4.69) is 21.2 Å². The molecule has 0 unspecified atom stereocenters. The Balaban J connectivity index is 2.74. The summed E-state index contributed by atoms with van der Waals surface area (Å²) in [5.74, 6) is -0.345. The summed E-state index contributed by atoms with van der Waals surface area (Å²) in [7, 11) is 0. The van der Waals surface area contributed by atoms with Gasteiger partial charge in [0.15, 0.2) is 0 Å². The first kappa shape index (κ1) is 16.3. The van der Waals surface area contributed by atoms with Gasteiger partial charge in [-0.15, -0.1) is 0 Å². The lowest BCUT2D eigenvalue weighted by molar-refractivity contribution is -0.137. The van der Waals surface area contributed by atoms with Gasteiger partial charge in [0.1, 0.15) is 0 Å². The average molecular weight is 359 g/mol. The van der Waals surface area contributed by atoms with Gasteiger partial charge in [-0.1, -0.05) is 27.5 Å². The van der Waals surface area contributed by atoms with Crippen LogP contribution in [0.25, 0.3) is 0 Å². The number of carbonyl (C=O) groups is 1. The van der Waals surface area contributed by atoms with E-state index in [4.69, 9.17) is 11.6 Å². The van der Waals surface area contributed by atoms with E-state index in [1.807, 2.05) is 0 Å². The lowest BCUT2D eigenvalue weighted by atomic mass is 10.2. The topological polar surface area (TPSA) is 29.1 Å². The fourth-order valence-corrected chi connectivity index (χ4v) is 1.95. The summed E-state index contributed by atoms with van der Waals surface area (Å²) in [5.41, 5.74) is -0.854. The summed E-state index contributed by atoms with van der Waals surface area (Å²) < 4.78 is 37.6. The summed E-state index contributed by atoms with van der Waals surface area (Å²) in [6.07, 6.45) is -2.73. The van der Waals surface area contributed by atoms with Crippen LogP contribution >= 0.6 is 27.5 Å². The van der Waals surface area contributed by atoms with Gasteiger partial charge in [0.2, 0.25) is 5.91 Å². The molecule has 1 aromatic carbocycles. The van der Waals surface area contributed by atoms with Crippen molar-refractivity contribution in [2.24, 2.45) is 0 Å². The predicted octanol–water partition coefficient (Wildman–Crippen LogP) is 4.86. The van der Waals surface area contributed by atoms with E-state index in [1.54, 1.807) is 0 Å². The third-order valence-electron chi connectivity index (χ3n) is 2.36. The lowest BCUT2D eigenvalue weighted by Gasteiger charge is -2.11. The van der Waals surface area contributed by atoms with Crippen LogP contribution in [-0.4, -0.2) is 11.2 Å². The minimum Gasteiger partial charge on any atom is -0.325 e. The third kappa shape index (κ3) is 5.40. The minimum atomic E-state index is -4.46. The summed E-state index contributed by atoms with van der Waals surface area (Å²) in [5, 5.41) is 3.26. The Kier molecular flexibility index (Phi) is 6.13. The molecule has 0 aromatic heterocycles. The third-order valence-corrected chi connectivity index (χ3v) is 3.25. The largest absolute Gasteiger partial charge is 0.416 e. The number of carbonyl (C=O) groups excluding carboxylic acids is 1. The van der Waals surface area contributed by atoms with Gasteiger partial charge < -0.3 is 5.32 Å². The van der Waals surface area contributed by atoms with Crippen LogP contribution in [0.5, 0.6) is 0 Å². The highest BCUT2D eigenvalue weighted by Gasteiger charge is 2.31. The number of alkyl halides is 4. The number of rotatable bonds is 5. The van der Waals surface area contributed by atoms with Crippen LogP contribution in [0.15, 0.2) is 18.2 Å². The molecule has 0 atom stereocenters. The van der Waals surface area contributed by atoms with E-state index in [-0.39, 0.29) is 23.0 Å². The second-order valence-electron chi connectivity index (χ2n) is 3.89. The van der Waals surface area contributed by atoms with Gasteiger partial charge >= 0.3 is 6.18 Å². The molecule has 0 heterocycles. The Morgan fingerprint density at radius 1 is 1.32 bits per heavy atom. The van der Waals surface area contributed by atoms with Crippen molar-refractivity contribution in [3.8, 4) is 0 Å². The molecule has 2 nitrogen and oxygen atoms in total. The number of nitrogens with one attached hydrogen (secondary N) is 1. The second kappa shape index (κ2) is 7.14. The normalized spacial score (nSPS) is 11.4. The molecule has 1 aromatic rings. The molecule has 0 saturated heterocycles. The van der Waals surface area contributed by atoms with Crippen LogP contribution < -0.4 is 5.32 Å². The summed E-state index contributed by atoms with van der Waals surface area (Å²) >= 11 is 8.99. The van der Waals surface area contributed by atoms with E-state index in [0.717, 1.165) is 30.0 Å². The van der Waals surface area contributed by atoms with Crippen molar-refractivity contribution in [2.75, 3.05) is 10.6 Å². The number of hydrogen-bond acceptors (Lipinski definition) is 1. The zero-order valence-corrected chi connectivity index (χ0v) is 12.2. The molecular formula is C12H12BrClF3NO.